The second-order valence-electron chi connectivity index (χ2n) is 16.4. The van der Waals surface area contributed by atoms with Gasteiger partial charge in [0.25, 0.3) is 11.8 Å². The third-order valence-corrected chi connectivity index (χ3v) is 14.7. The van der Waals surface area contributed by atoms with E-state index in [-0.39, 0.29) is 42.0 Å². The lowest BCUT2D eigenvalue weighted by atomic mass is 9.96. The second kappa shape index (κ2) is 17.2. The highest BCUT2D eigenvalue weighted by atomic mass is 32.2. The summed E-state index contributed by atoms with van der Waals surface area (Å²) in [5.74, 6) is 1.06. The summed E-state index contributed by atoms with van der Waals surface area (Å²) in [5, 5.41) is 16.7. The van der Waals surface area contributed by atoms with Gasteiger partial charge < -0.3 is 35.5 Å². The number of fused-ring (bicyclic) bond motifs is 2. The molecule has 5 N–H and O–H groups in total. The number of thioether (sulfide) groups is 1. The summed E-state index contributed by atoms with van der Waals surface area (Å²) in [6, 6.07) is 21.5. The lowest BCUT2D eigenvalue weighted by Crippen LogP contribution is -2.51. The van der Waals surface area contributed by atoms with Crippen LogP contribution in [-0.2, 0) is 19.2 Å². The molecule has 2 fully saturated rings. The first-order valence-electron chi connectivity index (χ1n) is 20.9. The van der Waals surface area contributed by atoms with Crippen molar-refractivity contribution in [2.75, 3.05) is 18.8 Å². The van der Waals surface area contributed by atoms with Gasteiger partial charge in [0, 0.05) is 45.5 Å². The lowest BCUT2D eigenvalue weighted by Gasteiger charge is -2.29. The SMILES string of the molecule is CC(C)[C@@H](NC(=O)C=O)C(=O)N1CCCC1c1nc2cc(-c3ccc(C4CSc5c(-c6cnc(C7CCCN7C(=O)[C@H](NC(=O)O)c7ccccc7)[nH]6)csc54)cc3)ccc2[nH]1. The van der Waals surface area contributed by atoms with Gasteiger partial charge in [0.15, 0.2) is 0 Å². The number of carboxylic acid groups (broad SMARTS) is 1. The van der Waals surface area contributed by atoms with Crippen molar-refractivity contribution in [2.45, 2.75) is 74.5 Å². The van der Waals surface area contributed by atoms with E-state index < -0.39 is 24.1 Å². The molecule has 3 aliphatic rings. The van der Waals surface area contributed by atoms with Gasteiger partial charge in [0.05, 0.1) is 35.0 Å². The molecule has 318 valence electrons. The molecule has 3 aromatic heterocycles. The smallest absolute Gasteiger partial charge is 0.405 e. The molecule has 0 spiro atoms. The molecule has 0 radical (unpaired) electrons. The Bertz CT molecular complexity index is 2660. The van der Waals surface area contributed by atoms with E-state index in [1.807, 2.05) is 43.9 Å². The fourth-order valence-electron chi connectivity index (χ4n) is 9.07. The van der Waals surface area contributed by atoms with E-state index in [1.54, 1.807) is 45.4 Å². The zero-order chi connectivity index (χ0) is 43.1. The molecular weight excluding hydrogens is 825 g/mol. The van der Waals surface area contributed by atoms with Crippen molar-refractivity contribution in [3.8, 4) is 22.4 Å². The average molecular weight is 871 g/mol. The van der Waals surface area contributed by atoms with Gasteiger partial charge in [-0.1, -0.05) is 74.5 Å². The number of aromatic nitrogens is 4. The zero-order valence-corrected chi connectivity index (χ0v) is 35.8. The van der Waals surface area contributed by atoms with Crippen molar-refractivity contribution in [3.63, 3.8) is 0 Å². The van der Waals surface area contributed by atoms with Crippen LogP contribution in [0.2, 0.25) is 0 Å². The number of benzene rings is 3. The molecule has 6 heterocycles. The van der Waals surface area contributed by atoms with E-state index in [0.29, 0.717) is 30.3 Å². The van der Waals surface area contributed by atoms with Gasteiger partial charge in [0.1, 0.15) is 23.7 Å². The average Bonchev–Trinajstić information content (AvgIpc) is 4.14. The summed E-state index contributed by atoms with van der Waals surface area (Å²) in [5.41, 5.74) is 7.61. The minimum absolute atomic E-state index is 0.187. The first-order chi connectivity index (χ1) is 30.1. The number of nitrogens with zero attached hydrogens (tertiary/aromatic N) is 4. The van der Waals surface area contributed by atoms with Crippen LogP contribution in [-0.4, -0.2) is 89.8 Å². The number of imidazole rings is 2. The van der Waals surface area contributed by atoms with Crippen LogP contribution in [0.3, 0.4) is 0 Å². The highest BCUT2D eigenvalue weighted by molar-refractivity contribution is 8.00. The summed E-state index contributed by atoms with van der Waals surface area (Å²) >= 11 is 3.59. The van der Waals surface area contributed by atoms with Gasteiger partial charge in [-0.3, -0.25) is 19.2 Å². The Morgan fingerprint density at radius 1 is 0.871 bits per heavy atom. The Labute approximate surface area is 365 Å². The zero-order valence-electron chi connectivity index (χ0n) is 34.2. The van der Waals surface area contributed by atoms with Crippen LogP contribution in [0, 0.1) is 5.92 Å². The lowest BCUT2D eigenvalue weighted by molar-refractivity contribution is -0.140. The summed E-state index contributed by atoms with van der Waals surface area (Å²) in [6.07, 6.45) is 3.86. The van der Waals surface area contributed by atoms with Gasteiger partial charge in [-0.15, -0.1) is 23.1 Å². The molecule has 0 aliphatic carbocycles. The number of H-pyrrole nitrogens is 2. The highest BCUT2D eigenvalue weighted by Gasteiger charge is 2.39. The number of carbonyl (C=O) groups is 5. The van der Waals surface area contributed by atoms with Gasteiger partial charge >= 0.3 is 6.09 Å². The molecule has 16 heteroatoms. The number of rotatable bonds is 12. The van der Waals surface area contributed by atoms with Gasteiger partial charge in [-0.05, 0) is 66.0 Å². The molecule has 62 heavy (non-hydrogen) atoms. The van der Waals surface area contributed by atoms with E-state index in [0.717, 1.165) is 64.9 Å². The molecule has 3 aromatic carbocycles. The van der Waals surface area contributed by atoms with Crippen LogP contribution < -0.4 is 10.6 Å². The largest absolute Gasteiger partial charge is 0.465 e. The molecule has 6 aromatic rings. The van der Waals surface area contributed by atoms with Crippen LogP contribution in [0.4, 0.5) is 4.79 Å². The number of hydrogen-bond acceptors (Lipinski definition) is 9. The molecule has 2 saturated heterocycles. The Balaban J connectivity index is 0.886. The van der Waals surface area contributed by atoms with E-state index >= 15 is 0 Å². The number of carbonyl (C=O) groups excluding carboxylic acids is 4. The number of likely N-dealkylation sites (tertiary alicyclic amines) is 2. The van der Waals surface area contributed by atoms with E-state index in [9.17, 15) is 29.1 Å². The van der Waals surface area contributed by atoms with E-state index in [1.165, 1.54) is 15.3 Å². The van der Waals surface area contributed by atoms with Gasteiger partial charge in [-0.25, -0.2) is 14.8 Å². The number of nitrogens with one attached hydrogen (secondary N) is 4. The van der Waals surface area contributed by atoms with Crippen molar-refractivity contribution in [1.29, 1.82) is 0 Å². The standard InChI is InChI=1S/C46H46N8O6S2/c1-25(2)38(51-37(56)22-55)44(57)54-19-7-11-36(54)43-48-32-17-16-29(20-33(32)49-43)26-12-14-27(15-13-26)30-23-61-41-31(24-62-40(30)41)34-21-47-42(50-34)35-10-6-18-53(35)45(58)39(52-46(59)60)28-8-4-3-5-9-28/h3-5,8-9,12-17,20-22,24-25,30,35-36,38-39,52H,6-7,10-11,18-19,23H2,1-2H3,(H,47,50)(H,48,49)(H,51,56)(H,59,60)/t30?,35?,36?,38-,39-/m1/s1. The minimum atomic E-state index is -1.25. The molecule has 4 amide bonds. The molecule has 5 atom stereocenters. The number of hydrogen-bond donors (Lipinski definition) is 5. The topological polar surface area (TPSA) is 193 Å². The molecule has 14 nitrogen and oxygen atoms in total. The fourth-order valence-corrected chi connectivity index (χ4v) is 12.0. The second-order valence-corrected chi connectivity index (χ2v) is 18.3. The maximum absolute atomic E-state index is 13.8. The van der Waals surface area contributed by atoms with Crippen LogP contribution in [0.5, 0.6) is 0 Å². The summed E-state index contributed by atoms with van der Waals surface area (Å²) in [7, 11) is 0. The summed E-state index contributed by atoms with van der Waals surface area (Å²) < 4.78 is 0. The first-order valence-corrected chi connectivity index (χ1v) is 22.7. The quantitative estimate of drug-likeness (QED) is 0.0609. The first kappa shape index (κ1) is 41.1. The van der Waals surface area contributed by atoms with Gasteiger partial charge in [-0.2, -0.15) is 0 Å². The van der Waals surface area contributed by atoms with Gasteiger partial charge in [0.2, 0.25) is 12.2 Å². The van der Waals surface area contributed by atoms with Crippen LogP contribution >= 0.6 is 23.1 Å². The monoisotopic (exact) mass is 870 g/mol. The highest BCUT2D eigenvalue weighted by Crippen LogP contribution is 2.51. The Hall–Kier alpha value is -6.26. The van der Waals surface area contributed by atoms with E-state index in [2.05, 4.69) is 62.4 Å². The Morgan fingerprint density at radius 2 is 1.58 bits per heavy atom. The van der Waals surface area contributed by atoms with E-state index in [4.69, 9.17) is 9.97 Å². The maximum atomic E-state index is 13.8. The number of amides is 4. The van der Waals surface area contributed by atoms with Crippen molar-refractivity contribution in [3.05, 3.63) is 112 Å². The van der Waals surface area contributed by atoms with Crippen LogP contribution in [0.15, 0.2) is 89.3 Å². The van der Waals surface area contributed by atoms with Crippen molar-refractivity contribution < 1.29 is 29.1 Å². The number of thiophene rings is 1. The predicted octanol–water partition coefficient (Wildman–Crippen LogP) is 7.59. The molecule has 3 unspecified atom stereocenters. The van der Waals surface area contributed by atoms with Crippen molar-refractivity contribution in [2.24, 2.45) is 5.92 Å². The maximum Gasteiger partial charge on any atom is 0.405 e. The minimum Gasteiger partial charge on any atom is -0.465 e. The third-order valence-electron chi connectivity index (χ3n) is 12.2. The Kier molecular flexibility index (Phi) is 11.4. The van der Waals surface area contributed by atoms with Crippen molar-refractivity contribution >= 4 is 64.2 Å². The third kappa shape index (κ3) is 7.88. The molecule has 9 rings (SSSR count). The fraction of sp³-hybridized carbons (Fsp3) is 0.326. The molecular formula is C46H46N8O6S2. The molecule has 3 aliphatic heterocycles. The summed E-state index contributed by atoms with van der Waals surface area (Å²) in [6.45, 7) is 4.76. The van der Waals surface area contributed by atoms with Crippen LogP contribution in [0.1, 0.15) is 91.2 Å². The summed E-state index contributed by atoms with van der Waals surface area (Å²) in [4.78, 5) is 84.8. The Morgan fingerprint density at radius 3 is 2.29 bits per heavy atom. The molecule has 0 saturated carbocycles. The normalized spacial score (nSPS) is 19.4. The van der Waals surface area contributed by atoms with Crippen molar-refractivity contribution in [1.82, 2.24) is 40.4 Å². The number of aromatic amines is 2. The van der Waals surface area contributed by atoms with Crippen LogP contribution in [0.25, 0.3) is 33.4 Å². The number of aldehydes is 1. The molecule has 0 bridgehead atoms. The predicted molar refractivity (Wildman–Crippen MR) is 237 cm³/mol.